The molecule has 2 atom stereocenters. The maximum Gasteiger partial charge on any atom is 0.326 e. The molecule has 114 valence electrons. The normalized spacial score (nSPS) is 34.8. The number of likely N-dealkylation sites (tertiary alicyclic amines) is 1. The second kappa shape index (κ2) is 6.57. The van der Waals surface area contributed by atoms with Crippen LogP contribution in [0.2, 0.25) is 0 Å². The van der Waals surface area contributed by atoms with Crippen LogP contribution >= 0.6 is 0 Å². The van der Waals surface area contributed by atoms with Gasteiger partial charge in [0.15, 0.2) is 0 Å². The molecule has 2 unspecified atom stereocenters. The quantitative estimate of drug-likeness (QED) is 0.823. The summed E-state index contributed by atoms with van der Waals surface area (Å²) in [5, 5.41) is 9.40. The number of piperidine rings is 1. The molecule has 3 N–H and O–H groups in total. The van der Waals surface area contributed by atoms with E-state index < -0.39 is 12.0 Å². The van der Waals surface area contributed by atoms with Gasteiger partial charge in [-0.15, -0.1) is 0 Å². The van der Waals surface area contributed by atoms with E-state index in [0.29, 0.717) is 18.9 Å². The molecule has 5 nitrogen and oxygen atoms in total. The van der Waals surface area contributed by atoms with Crippen LogP contribution < -0.4 is 5.73 Å². The van der Waals surface area contributed by atoms with Crippen molar-refractivity contribution in [1.29, 1.82) is 0 Å². The van der Waals surface area contributed by atoms with Crippen molar-refractivity contribution in [1.82, 2.24) is 4.90 Å². The summed E-state index contributed by atoms with van der Waals surface area (Å²) in [6, 6.07) is -0.419. The Morgan fingerprint density at radius 3 is 2.40 bits per heavy atom. The Kier molecular flexibility index (Phi) is 5.02. The van der Waals surface area contributed by atoms with Crippen LogP contribution in [0, 0.1) is 11.8 Å². The fraction of sp³-hybridized carbons (Fsp3) is 0.867. The fourth-order valence-electron chi connectivity index (χ4n) is 3.51. The zero-order chi connectivity index (χ0) is 14.7. The Labute approximate surface area is 120 Å². The van der Waals surface area contributed by atoms with E-state index in [1.165, 1.54) is 0 Å². The monoisotopic (exact) mass is 282 g/mol. The van der Waals surface area contributed by atoms with Crippen LogP contribution in [-0.4, -0.2) is 40.5 Å². The summed E-state index contributed by atoms with van der Waals surface area (Å²) in [6.07, 6.45) is 5.88. The summed E-state index contributed by atoms with van der Waals surface area (Å²) in [5.74, 6) is -0.405. The van der Waals surface area contributed by atoms with Gasteiger partial charge in [0.25, 0.3) is 0 Å². The van der Waals surface area contributed by atoms with Crippen molar-refractivity contribution in [3.63, 3.8) is 0 Å². The molecule has 0 aromatic carbocycles. The zero-order valence-electron chi connectivity index (χ0n) is 12.3. The third-order valence-corrected chi connectivity index (χ3v) is 4.98. The molecular formula is C15H26N2O3. The first kappa shape index (κ1) is 15.3. The molecule has 1 heterocycles. The Morgan fingerprint density at radius 2 is 1.85 bits per heavy atom. The molecule has 1 aliphatic heterocycles. The van der Waals surface area contributed by atoms with E-state index in [-0.39, 0.29) is 17.9 Å². The minimum atomic E-state index is -0.857. The highest BCUT2D eigenvalue weighted by Gasteiger charge is 2.38. The van der Waals surface area contributed by atoms with Gasteiger partial charge in [-0.2, -0.15) is 0 Å². The van der Waals surface area contributed by atoms with E-state index in [0.717, 1.165) is 38.5 Å². The van der Waals surface area contributed by atoms with Crippen LogP contribution in [0.15, 0.2) is 0 Å². The number of amides is 1. The maximum absolute atomic E-state index is 12.6. The van der Waals surface area contributed by atoms with Gasteiger partial charge in [0.2, 0.25) is 5.91 Å². The number of nitrogens with zero attached hydrogens (tertiary/aromatic N) is 1. The molecule has 0 radical (unpaired) electrons. The summed E-state index contributed by atoms with van der Waals surface area (Å²) < 4.78 is 0. The first-order valence-electron chi connectivity index (χ1n) is 7.81. The topological polar surface area (TPSA) is 83.6 Å². The Morgan fingerprint density at radius 1 is 1.20 bits per heavy atom. The maximum atomic E-state index is 12.6. The van der Waals surface area contributed by atoms with Crippen molar-refractivity contribution in [2.75, 3.05) is 6.54 Å². The summed E-state index contributed by atoms with van der Waals surface area (Å²) in [7, 11) is 0. The first-order valence-corrected chi connectivity index (χ1v) is 7.81. The molecule has 5 heteroatoms. The van der Waals surface area contributed by atoms with E-state index in [1.54, 1.807) is 4.90 Å². The van der Waals surface area contributed by atoms with Gasteiger partial charge in [-0.3, -0.25) is 4.79 Å². The minimum absolute atomic E-state index is 0.0187. The number of nitrogens with two attached hydrogens (primary N) is 1. The van der Waals surface area contributed by atoms with Crippen molar-refractivity contribution in [2.24, 2.45) is 17.6 Å². The summed E-state index contributed by atoms with van der Waals surface area (Å²) in [6.45, 7) is 2.68. The van der Waals surface area contributed by atoms with Crippen LogP contribution in [0.4, 0.5) is 0 Å². The summed E-state index contributed by atoms with van der Waals surface area (Å²) >= 11 is 0. The van der Waals surface area contributed by atoms with Gasteiger partial charge in [-0.1, -0.05) is 13.3 Å². The number of aliphatic carboxylic acids is 1. The molecule has 0 bridgehead atoms. The van der Waals surface area contributed by atoms with Crippen LogP contribution in [-0.2, 0) is 9.59 Å². The minimum Gasteiger partial charge on any atom is -0.480 e. The molecule has 1 aliphatic carbocycles. The third-order valence-electron chi connectivity index (χ3n) is 4.98. The third kappa shape index (κ3) is 3.32. The molecule has 1 saturated heterocycles. The van der Waals surface area contributed by atoms with Crippen molar-refractivity contribution in [3.8, 4) is 0 Å². The smallest absolute Gasteiger partial charge is 0.326 e. The largest absolute Gasteiger partial charge is 0.480 e. The van der Waals surface area contributed by atoms with Crippen molar-refractivity contribution < 1.29 is 14.7 Å². The summed E-state index contributed by atoms with van der Waals surface area (Å²) in [4.78, 5) is 25.7. The zero-order valence-corrected chi connectivity index (χ0v) is 12.3. The molecule has 1 amide bonds. The highest BCUT2D eigenvalue weighted by atomic mass is 16.4. The highest BCUT2D eigenvalue weighted by molar-refractivity contribution is 5.85. The number of rotatable bonds is 3. The van der Waals surface area contributed by atoms with Gasteiger partial charge in [-0.05, 0) is 44.4 Å². The number of hydrogen-bond acceptors (Lipinski definition) is 3. The number of hydrogen-bond donors (Lipinski definition) is 2. The predicted molar refractivity (Wildman–Crippen MR) is 76.1 cm³/mol. The van der Waals surface area contributed by atoms with Crippen LogP contribution in [0.25, 0.3) is 0 Å². The van der Waals surface area contributed by atoms with Crippen molar-refractivity contribution in [3.05, 3.63) is 0 Å². The highest BCUT2D eigenvalue weighted by Crippen LogP contribution is 2.30. The lowest BCUT2D eigenvalue weighted by Gasteiger charge is -2.39. The van der Waals surface area contributed by atoms with Gasteiger partial charge < -0.3 is 15.7 Å². The van der Waals surface area contributed by atoms with E-state index in [4.69, 9.17) is 5.73 Å². The molecule has 2 fully saturated rings. The van der Waals surface area contributed by atoms with E-state index in [2.05, 4.69) is 6.92 Å². The molecule has 0 aromatic rings. The van der Waals surface area contributed by atoms with E-state index in [9.17, 15) is 14.7 Å². The first-order chi connectivity index (χ1) is 9.52. The SMILES string of the molecule is CCC1CCN(C(=O)C2CCC(N)CC2)C(C(=O)O)C1. The van der Waals surface area contributed by atoms with Crippen molar-refractivity contribution >= 4 is 11.9 Å². The molecule has 2 rings (SSSR count). The van der Waals surface area contributed by atoms with Crippen LogP contribution in [0.3, 0.4) is 0 Å². The molecule has 0 spiro atoms. The van der Waals surface area contributed by atoms with Crippen LogP contribution in [0.5, 0.6) is 0 Å². The second-order valence-electron chi connectivity index (χ2n) is 6.30. The number of carboxylic acids is 1. The number of carbonyl (C=O) groups excluding carboxylic acids is 1. The molecular weight excluding hydrogens is 256 g/mol. The standard InChI is InChI=1S/C15H26N2O3/c1-2-10-7-8-17(13(9-10)15(19)20)14(18)11-3-5-12(16)6-4-11/h10-13H,2-9,16H2,1H3,(H,19,20). The Hall–Kier alpha value is -1.10. The van der Waals surface area contributed by atoms with Gasteiger partial charge in [0.05, 0.1) is 0 Å². The summed E-state index contributed by atoms with van der Waals surface area (Å²) in [5.41, 5.74) is 5.87. The van der Waals surface area contributed by atoms with E-state index >= 15 is 0 Å². The van der Waals surface area contributed by atoms with Gasteiger partial charge in [0, 0.05) is 18.5 Å². The predicted octanol–water partition coefficient (Wildman–Crippen LogP) is 1.61. The molecule has 1 saturated carbocycles. The Bertz CT molecular complexity index is 364. The average Bonchev–Trinajstić information content (AvgIpc) is 2.46. The lowest BCUT2D eigenvalue weighted by atomic mass is 9.83. The lowest BCUT2D eigenvalue weighted by molar-refractivity contribution is -0.155. The molecule has 2 aliphatic rings. The lowest BCUT2D eigenvalue weighted by Crippen LogP contribution is -2.52. The fourth-order valence-corrected chi connectivity index (χ4v) is 3.51. The second-order valence-corrected chi connectivity index (χ2v) is 6.30. The van der Waals surface area contributed by atoms with Crippen molar-refractivity contribution in [2.45, 2.75) is 64.0 Å². The number of carbonyl (C=O) groups is 2. The van der Waals surface area contributed by atoms with Crippen LogP contribution in [0.1, 0.15) is 51.9 Å². The van der Waals surface area contributed by atoms with Gasteiger partial charge >= 0.3 is 5.97 Å². The van der Waals surface area contributed by atoms with E-state index in [1.807, 2.05) is 0 Å². The van der Waals surface area contributed by atoms with Gasteiger partial charge in [0.1, 0.15) is 6.04 Å². The average molecular weight is 282 g/mol. The Balaban J connectivity index is 2.02. The number of carboxylic acid groups (broad SMARTS) is 1. The molecule has 20 heavy (non-hydrogen) atoms. The molecule has 0 aromatic heterocycles. The van der Waals surface area contributed by atoms with Gasteiger partial charge in [-0.25, -0.2) is 4.79 Å².